The first kappa shape index (κ1) is 19.9. The van der Waals surface area contributed by atoms with Crippen LogP contribution in [0.3, 0.4) is 0 Å². The molecule has 1 aliphatic heterocycles. The molecule has 0 radical (unpaired) electrons. The van der Waals surface area contributed by atoms with Crippen LogP contribution in [0.2, 0.25) is 10.0 Å². The smallest absolute Gasteiger partial charge is 0.230 e. The lowest BCUT2D eigenvalue weighted by Gasteiger charge is -2.22. The summed E-state index contributed by atoms with van der Waals surface area (Å²) in [6.07, 6.45) is 3.54. The van der Waals surface area contributed by atoms with E-state index in [1.165, 1.54) is 24.6 Å². The Labute approximate surface area is 152 Å². The van der Waals surface area contributed by atoms with Crippen molar-refractivity contribution in [1.29, 1.82) is 0 Å². The molecule has 1 unspecified atom stereocenters. The van der Waals surface area contributed by atoms with E-state index in [1.54, 1.807) is 18.2 Å². The highest BCUT2D eigenvalue weighted by atomic mass is 35.5. The molecule has 1 atom stereocenters. The van der Waals surface area contributed by atoms with Crippen LogP contribution in [0, 0.1) is 5.92 Å². The van der Waals surface area contributed by atoms with Crippen LogP contribution in [0.4, 0.5) is 0 Å². The molecule has 22 heavy (non-hydrogen) atoms. The molecule has 1 aromatic rings. The lowest BCUT2D eigenvalue weighted by molar-refractivity contribution is -0.118. The van der Waals surface area contributed by atoms with Crippen molar-refractivity contribution in [1.82, 2.24) is 10.6 Å². The van der Waals surface area contributed by atoms with Gasteiger partial charge in [-0.15, -0.1) is 24.2 Å². The van der Waals surface area contributed by atoms with Gasteiger partial charge in [-0.05, 0) is 56.5 Å². The summed E-state index contributed by atoms with van der Waals surface area (Å²) in [6.45, 7) is 2.94. The first-order valence-electron chi connectivity index (χ1n) is 7.20. The number of benzene rings is 1. The van der Waals surface area contributed by atoms with E-state index in [0.717, 1.165) is 31.0 Å². The van der Waals surface area contributed by atoms with Crippen LogP contribution in [0.1, 0.15) is 19.3 Å². The molecule has 7 heteroatoms. The van der Waals surface area contributed by atoms with E-state index in [0.29, 0.717) is 21.7 Å². The number of hydrogen-bond acceptors (Lipinski definition) is 3. The average Bonchev–Trinajstić information content (AvgIpc) is 2.49. The maximum Gasteiger partial charge on any atom is 0.230 e. The molecule has 0 aromatic heterocycles. The zero-order chi connectivity index (χ0) is 15.1. The summed E-state index contributed by atoms with van der Waals surface area (Å²) in [7, 11) is 0. The van der Waals surface area contributed by atoms with Crippen LogP contribution < -0.4 is 10.6 Å². The number of rotatable bonds is 6. The molecule has 0 bridgehead atoms. The molecule has 1 amide bonds. The zero-order valence-corrected chi connectivity index (χ0v) is 15.4. The van der Waals surface area contributed by atoms with Crippen LogP contribution in [0.25, 0.3) is 0 Å². The highest BCUT2D eigenvalue weighted by Crippen LogP contribution is 2.29. The third-order valence-corrected chi connectivity index (χ3v) is 5.26. The minimum absolute atomic E-state index is 0. The molecule has 3 nitrogen and oxygen atoms in total. The van der Waals surface area contributed by atoms with Crippen LogP contribution >= 0.6 is 47.4 Å². The van der Waals surface area contributed by atoms with Gasteiger partial charge in [-0.3, -0.25) is 4.79 Å². The number of hydrogen-bond donors (Lipinski definition) is 2. The van der Waals surface area contributed by atoms with Gasteiger partial charge >= 0.3 is 0 Å². The van der Waals surface area contributed by atoms with E-state index in [-0.39, 0.29) is 18.3 Å². The van der Waals surface area contributed by atoms with Crippen LogP contribution in [0.5, 0.6) is 0 Å². The molecule has 0 aliphatic carbocycles. The highest BCUT2D eigenvalue weighted by molar-refractivity contribution is 8.00. The maximum absolute atomic E-state index is 11.8. The first-order chi connectivity index (χ1) is 10.1. The molecular formula is C15H21Cl3N2OS. The standard InChI is InChI=1S/C15H20Cl2N2OS.ClH/c16-12-3-4-13(17)14(8-12)21-10-15(20)19-7-5-11-2-1-6-18-9-11;/h3-4,8,11,18H,1-2,5-7,9-10H2,(H,19,20);1H. The SMILES string of the molecule is Cl.O=C(CSc1cc(Cl)ccc1Cl)NCCC1CCCNC1. The average molecular weight is 384 g/mol. The Balaban J connectivity index is 0.00000242. The topological polar surface area (TPSA) is 41.1 Å². The summed E-state index contributed by atoms with van der Waals surface area (Å²) in [4.78, 5) is 12.7. The van der Waals surface area contributed by atoms with Crippen LogP contribution in [0.15, 0.2) is 23.1 Å². The van der Waals surface area contributed by atoms with Crippen molar-refractivity contribution in [2.75, 3.05) is 25.4 Å². The molecule has 1 saturated heterocycles. The van der Waals surface area contributed by atoms with E-state index in [2.05, 4.69) is 10.6 Å². The predicted octanol–water partition coefficient (Wildman–Crippen LogP) is 4.01. The number of halogens is 3. The Bertz CT molecular complexity index is 482. The number of piperidine rings is 1. The molecule has 1 aliphatic rings. The second-order valence-corrected chi connectivity index (χ2v) is 7.08. The molecule has 1 fully saturated rings. The Kier molecular flexibility index (Phi) is 9.60. The third-order valence-electron chi connectivity index (χ3n) is 3.53. The molecule has 0 saturated carbocycles. The van der Waals surface area contributed by atoms with Crippen molar-refractivity contribution in [2.24, 2.45) is 5.92 Å². The van der Waals surface area contributed by atoms with Crippen molar-refractivity contribution < 1.29 is 4.79 Å². The molecule has 124 valence electrons. The lowest BCUT2D eigenvalue weighted by Crippen LogP contribution is -2.33. The molecule has 1 aromatic carbocycles. The largest absolute Gasteiger partial charge is 0.355 e. The summed E-state index contributed by atoms with van der Waals surface area (Å²) >= 11 is 13.4. The second kappa shape index (κ2) is 10.6. The Morgan fingerprint density at radius 3 is 2.95 bits per heavy atom. The van der Waals surface area contributed by atoms with Gasteiger partial charge in [0.15, 0.2) is 0 Å². The van der Waals surface area contributed by atoms with Gasteiger partial charge in [-0.25, -0.2) is 0 Å². The van der Waals surface area contributed by atoms with Gasteiger partial charge in [0.05, 0.1) is 10.8 Å². The van der Waals surface area contributed by atoms with Gasteiger partial charge < -0.3 is 10.6 Å². The summed E-state index contributed by atoms with van der Waals surface area (Å²) in [5, 5.41) is 7.62. The number of thioether (sulfide) groups is 1. The van der Waals surface area contributed by atoms with Gasteiger partial charge in [0.1, 0.15) is 0 Å². The summed E-state index contributed by atoms with van der Waals surface area (Å²) in [5.41, 5.74) is 0. The number of nitrogens with one attached hydrogen (secondary N) is 2. The first-order valence-corrected chi connectivity index (χ1v) is 8.94. The number of amides is 1. The van der Waals surface area contributed by atoms with Crippen molar-refractivity contribution in [3.05, 3.63) is 28.2 Å². The summed E-state index contributed by atoms with van der Waals surface area (Å²) in [6, 6.07) is 5.28. The molecule has 2 rings (SSSR count). The summed E-state index contributed by atoms with van der Waals surface area (Å²) < 4.78 is 0. The van der Waals surface area contributed by atoms with Gasteiger partial charge in [0.2, 0.25) is 5.91 Å². The van der Waals surface area contributed by atoms with Gasteiger partial charge in [-0.1, -0.05) is 23.2 Å². The van der Waals surface area contributed by atoms with Crippen molar-refractivity contribution >= 4 is 53.3 Å². The monoisotopic (exact) mass is 382 g/mol. The van der Waals surface area contributed by atoms with Crippen molar-refractivity contribution in [3.63, 3.8) is 0 Å². The third kappa shape index (κ3) is 6.97. The fourth-order valence-corrected chi connectivity index (χ4v) is 3.69. The Morgan fingerprint density at radius 1 is 1.41 bits per heavy atom. The minimum Gasteiger partial charge on any atom is -0.355 e. The maximum atomic E-state index is 11.8. The minimum atomic E-state index is 0. The van der Waals surface area contributed by atoms with Gasteiger partial charge in [-0.2, -0.15) is 0 Å². The van der Waals surface area contributed by atoms with Gasteiger partial charge in [0, 0.05) is 16.5 Å². The molecular weight excluding hydrogens is 363 g/mol. The van der Waals surface area contributed by atoms with Crippen LogP contribution in [-0.4, -0.2) is 31.3 Å². The predicted molar refractivity (Wildman–Crippen MR) is 97.7 cm³/mol. The second-order valence-electron chi connectivity index (χ2n) is 5.21. The number of carbonyl (C=O) groups excluding carboxylic acids is 1. The quantitative estimate of drug-likeness (QED) is 0.729. The molecule has 0 spiro atoms. The fraction of sp³-hybridized carbons (Fsp3) is 0.533. The van der Waals surface area contributed by atoms with Crippen molar-refractivity contribution in [2.45, 2.75) is 24.2 Å². The Morgan fingerprint density at radius 2 is 2.23 bits per heavy atom. The van der Waals surface area contributed by atoms with Gasteiger partial charge in [0.25, 0.3) is 0 Å². The fourth-order valence-electron chi connectivity index (χ4n) is 2.37. The van der Waals surface area contributed by atoms with E-state index in [1.807, 2.05) is 0 Å². The van der Waals surface area contributed by atoms with E-state index in [9.17, 15) is 4.79 Å². The zero-order valence-electron chi connectivity index (χ0n) is 12.2. The van der Waals surface area contributed by atoms with Crippen LogP contribution in [-0.2, 0) is 4.79 Å². The normalized spacial score (nSPS) is 17.6. The number of carbonyl (C=O) groups is 1. The Hall–Kier alpha value is -0.130. The molecule has 2 N–H and O–H groups in total. The lowest BCUT2D eigenvalue weighted by atomic mass is 9.96. The van der Waals surface area contributed by atoms with E-state index < -0.39 is 0 Å². The van der Waals surface area contributed by atoms with E-state index >= 15 is 0 Å². The van der Waals surface area contributed by atoms with E-state index in [4.69, 9.17) is 23.2 Å². The molecule has 1 heterocycles. The summed E-state index contributed by atoms with van der Waals surface area (Å²) in [5.74, 6) is 1.09. The van der Waals surface area contributed by atoms with Crippen molar-refractivity contribution in [3.8, 4) is 0 Å². The highest BCUT2D eigenvalue weighted by Gasteiger charge is 2.13.